The van der Waals surface area contributed by atoms with E-state index in [2.05, 4.69) is 4.98 Å². The summed E-state index contributed by atoms with van der Waals surface area (Å²) in [7, 11) is 0. The molecule has 3 aromatic rings. The van der Waals surface area contributed by atoms with Crippen molar-refractivity contribution in [2.75, 3.05) is 12.4 Å². The maximum atomic E-state index is 13.0. The second-order valence-electron chi connectivity index (χ2n) is 5.64. The van der Waals surface area contributed by atoms with Gasteiger partial charge in [0.05, 0.1) is 23.2 Å². The molecule has 134 valence electrons. The second kappa shape index (κ2) is 8.67. The van der Waals surface area contributed by atoms with E-state index in [-0.39, 0.29) is 11.5 Å². The summed E-state index contributed by atoms with van der Waals surface area (Å²) >= 11 is 1.48. The average Bonchev–Trinajstić information content (AvgIpc) is 2.66. The molecule has 0 amide bonds. The summed E-state index contributed by atoms with van der Waals surface area (Å²) in [4.78, 5) is 29.2. The molecule has 6 heteroatoms. The van der Waals surface area contributed by atoms with Gasteiger partial charge in [0.1, 0.15) is 0 Å². The van der Waals surface area contributed by atoms with E-state index in [4.69, 9.17) is 4.74 Å². The number of hydrogen-bond acceptors (Lipinski definition) is 5. The van der Waals surface area contributed by atoms with E-state index in [0.717, 1.165) is 5.69 Å². The van der Waals surface area contributed by atoms with Crippen molar-refractivity contribution in [1.82, 2.24) is 9.55 Å². The van der Waals surface area contributed by atoms with Crippen LogP contribution < -0.4 is 5.56 Å². The van der Waals surface area contributed by atoms with Crippen LogP contribution in [-0.4, -0.2) is 27.9 Å². The Balaban J connectivity index is 1.90. The van der Waals surface area contributed by atoms with Crippen LogP contribution in [0, 0.1) is 0 Å². The number of carbonyl (C=O) groups is 1. The highest BCUT2D eigenvalue weighted by Crippen LogP contribution is 2.22. The molecule has 0 aliphatic carbocycles. The molecule has 5 nitrogen and oxygen atoms in total. The topological polar surface area (TPSA) is 61.2 Å². The third kappa shape index (κ3) is 4.14. The molecule has 3 rings (SSSR count). The first kappa shape index (κ1) is 18.2. The van der Waals surface area contributed by atoms with Crippen molar-refractivity contribution in [3.05, 3.63) is 65.0 Å². The average molecular weight is 368 g/mol. The van der Waals surface area contributed by atoms with Gasteiger partial charge in [-0.3, -0.25) is 14.2 Å². The van der Waals surface area contributed by atoms with E-state index in [9.17, 15) is 9.59 Å². The molecule has 0 fully saturated rings. The normalized spacial score (nSPS) is 10.8. The molecule has 1 aromatic heterocycles. The van der Waals surface area contributed by atoms with Gasteiger partial charge in [-0.1, -0.05) is 42.1 Å². The predicted molar refractivity (Wildman–Crippen MR) is 104 cm³/mol. The van der Waals surface area contributed by atoms with Crippen molar-refractivity contribution in [2.45, 2.75) is 24.9 Å². The van der Waals surface area contributed by atoms with Crippen molar-refractivity contribution in [1.29, 1.82) is 0 Å². The smallest absolute Gasteiger partial charge is 0.305 e. The lowest BCUT2D eigenvalue weighted by Crippen LogP contribution is -2.21. The van der Waals surface area contributed by atoms with Crippen molar-refractivity contribution < 1.29 is 9.53 Å². The van der Waals surface area contributed by atoms with Gasteiger partial charge in [-0.25, -0.2) is 4.98 Å². The Morgan fingerprint density at radius 2 is 1.85 bits per heavy atom. The van der Waals surface area contributed by atoms with Crippen molar-refractivity contribution in [2.24, 2.45) is 0 Å². The van der Waals surface area contributed by atoms with E-state index in [0.29, 0.717) is 41.3 Å². The number of carbonyl (C=O) groups excluding carboxylic acids is 1. The lowest BCUT2D eigenvalue weighted by atomic mass is 10.2. The zero-order valence-electron chi connectivity index (χ0n) is 14.6. The first-order chi connectivity index (χ1) is 12.7. The van der Waals surface area contributed by atoms with Crippen LogP contribution in [0.1, 0.15) is 19.8 Å². The maximum absolute atomic E-state index is 13.0. The largest absolute Gasteiger partial charge is 0.466 e. The molecule has 0 unspecified atom stereocenters. The zero-order valence-corrected chi connectivity index (χ0v) is 15.4. The van der Waals surface area contributed by atoms with Crippen LogP contribution in [0.5, 0.6) is 0 Å². The van der Waals surface area contributed by atoms with Crippen LogP contribution in [0.15, 0.2) is 64.5 Å². The van der Waals surface area contributed by atoms with Crippen LogP contribution in [0.4, 0.5) is 0 Å². The minimum atomic E-state index is -0.194. The number of fused-ring (bicyclic) bond motifs is 1. The van der Waals surface area contributed by atoms with Crippen molar-refractivity contribution in [3.63, 3.8) is 0 Å². The van der Waals surface area contributed by atoms with Crippen LogP contribution >= 0.6 is 11.8 Å². The number of benzene rings is 2. The standard InChI is InChI=1S/C20H20N2O3S/c1-2-25-18(23)13-8-14-26-20-21-17-12-7-6-11-16(17)19(24)22(20)15-9-4-3-5-10-15/h3-7,9-12H,2,8,13-14H2,1H3. The van der Waals surface area contributed by atoms with Crippen LogP contribution in [0.2, 0.25) is 0 Å². The summed E-state index contributed by atoms with van der Waals surface area (Å²) < 4.78 is 6.58. The first-order valence-corrected chi connectivity index (χ1v) is 9.55. The molecule has 2 aromatic carbocycles. The van der Waals surface area contributed by atoms with Gasteiger partial charge in [0.15, 0.2) is 5.16 Å². The van der Waals surface area contributed by atoms with Gasteiger partial charge in [-0.2, -0.15) is 0 Å². The summed E-state index contributed by atoms with van der Waals surface area (Å²) in [6.45, 7) is 2.19. The first-order valence-electron chi connectivity index (χ1n) is 8.56. The van der Waals surface area contributed by atoms with Gasteiger partial charge in [-0.05, 0) is 37.6 Å². The molecule has 0 spiro atoms. The van der Waals surface area contributed by atoms with Gasteiger partial charge in [-0.15, -0.1) is 0 Å². The van der Waals surface area contributed by atoms with Crippen LogP contribution in [0.25, 0.3) is 16.6 Å². The van der Waals surface area contributed by atoms with E-state index in [1.165, 1.54) is 11.8 Å². The Morgan fingerprint density at radius 1 is 1.12 bits per heavy atom. The Kier molecular flexibility index (Phi) is 6.07. The summed E-state index contributed by atoms with van der Waals surface area (Å²) in [5.74, 6) is 0.483. The minimum absolute atomic E-state index is 0.0882. The number of rotatable bonds is 7. The van der Waals surface area contributed by atoms with E-state index in [1.807, 2.05) is 48.5 Å². The molecule has 0 aliphatic heterocycles. The van der Waals surface area contributed by atoms with Crippen molar-refractivity contribution in [3.8, 4) is 5.69 Å². The van der Waals surface area contributed by atoms with Gasteiger partial charge >= 0.3 is 5.97 Å². The zero-order chi connectivity index (χ0) is 18.4. The quantitative estimate of drug-likeness (QED) is 0.275. The fourth-order valence-electron chi connectivity index (χ4n) is 2.63. The number of para-hydroxylation sites is 2. The Hall–Kier alpha value is -2.60. The van der Waals surface area contributed by atoms with E-state index >= 15 is 0 Å². The molecular weight excluding hydrogens is 348 g/mol. The Morgan fingerprint density at radius 3 is 2.62 bits per heavy atom. The maximum Gasteiger partial charge on any atom is 0.305 e. The van der Waals surface area contributed by atoms with Gasteiger partial charge < -0.3 is 4.74 Å². The molecule has 1 heterocycles. The monoisotopic (exact) mass is 368 g/mol. The lowest BCUT2D eigenvalue weighted by molar-refractivity contribution is -0.143. The highest BCUT2D eigenvalue weighted by atomic mass is 32.2. The number of nitrogens with zero attached hydrogens (tertiary/aromatic N) is 2. The van der Waals surface area contributed by atoms with Gasteiger partial charge in [0, 0.05) is 12.2 Å². The fraction of sp³-hybridized carbons (Fsp3) is 0.250. The summed E-state index contributed by atoms with van der Waals surface area (Å²) in [6.07, 6.45) is 1.03. The van der Waals surface area contributed by atoms with Crippen LogP contribution in [0.3, 0.4) is 0 Å². The molecule has 0 aliphatic rings. The Labute approximate surface area is 156 Å². The van der Waals surface area contributed by atoms with Crippen LogP contribution in [-0.2, 0) is 9.53 Å². The number of esters is 1. The molecule has 0 radical (unpaired) electrons. The van der Waals surface area contributed by atoms with E-state index in [1.54, 1.807) is 17.6 Å². The predicted octanol–water partition coefficient (Wildman–Crippen LogP) is 3.82. The second-order valence-corrected chi connectivity index (χ2v) is 6.71. The highest BCUT2D eigenvalue weighted by Gasteiger charge is 2.13. The SMILES string of the molecule is CCOC(=O)CCCSc1nc2ccccc2c(=O)n1-c1ccccc1. The number of hydrogen-bond donors (Lipinski definition) is 0. The van der Waals surface area contributed by atoms with Gasteiger partial charge in [0.2, 0.25) is 0 Å². The third-order valence-electron chi connectivity index (χ3n) is 3.82. The number of aromatic nitrogens is 2. The van der Waals surface area contributed by atoms with Gasteiger partial charge in [0.25, 0.3) is 5.56 Å². The summed E-state index contributed by atoms with van der Waals surface area (Å²) in [5, 5.41) is 1.22. The number of ether oxygens (including phenoxy) is 1. The molecule has 0 saturated carbocycles. The van der Waals surface area contributed by atoms with Crippen molar-refractivity contribution >= 4 is 28.6 Å². The summed E-state index contributed by atoms with van der Waals surface area (Å²) in [6, 6.07) is 16.8. The molecule has 0 atom stereocenters. The highest BCUT2D eigenvalue weighted by molar-refractivity contribution is 7.99. The third-order valence-corrected chi connectivity index (χ3v) is 4.85. The summed E-state index contributed by atoms with van der Waals surface area (Å²) in [5.41, 5.74) is 1.37. The molecule has 26 heavy (non-hydrogen) atoms. The number of thioether (sulfide) groups is 1. The molecule has 0 saturated heterocycles. The molecule has 0 bridgehead atoms. The Bertz CT molecular complexity index is 954. The van der Waals surface area contributed by atoms with E-state index < -0.39 is 0 Å². The molecular formula is C20H20N2O3S. The lowest BCUT2D eigenvalue weighted by Gasteiger charge is -2.13. The molecule has 0 N–H and O–H groups in total. The minimum Gasteiger partial charge on any atom is -0.466 e. The fourth-order valence-corrected chi connectivity index (χ4v) is 3.58.